The van der Waals surface area contributed by atoms with Gasteiger partial charge in [-0.1, -0.05) is 13.3 Å². The van der Waals surface area contributed by atoms with E-state index in [4.69, 9.17) is 10.5 Å². The molecule has 4 heteroatoms. The number of nitrogens with two attached hydrogens (primary N) is 1. The van der Waals surface area contributed by atoms with Gasteiger partial charge in [-0.25, -0.2) is 0 Å². The van der Waals surface area contributed by atoms with E-state index in [9.17, 15) is 0 Å². The van der Waals surface area contributed by atoms with Gasteiger partial charge in [0.25, 0.3) is 0 Å². The first-order chi connectivity index (χ1) is 8.26. The second-order valence-electron chi connectivity index (χ2n) is 4.21. The first kappa shape index (κ1) is 11.8. The molecule has 0 aliphatic carbocycles. The molecule has 1 aliphatic heterocycles. The Kier molecular flexibility index (Phi) is 3.52. The highest BCUT2D eigenvalue weighted by molar-refractivity contribution is 5.97. The van der Waals surface area contributed by atoms with Crippen molar-refractivity contribution < 1.29 is 4.74 Å². The van der Waals surface area contributed by atoms with Crippen molar-refractivity contribution in [2.45, 2.75) is 25.8 Å². The van der Waals surface area contributed by atoms with Gasteiger partial charge in [0.1, 0.15) is 5.75 Å². The van der Waals surface area contributed by atoms with Crippen molar-refractivity contribution in [2.75, 3.05) is 18.6 Å². The molecule has 0 amide bonds. The molecular weight excluding hydrogens is 214 g/mol. The van der Waals surface area contributed by atoms with E-state index in [1.54, 1.807) is 7.11 Å². The smallest absolute Gasteiger partial charge is 0.196 e. The lowest BCUT2D eigenvalue weighted by atomic mass is 10.1. The Bertz CT molecular complexity index is 400. The Labute approximate surface area is 102 Å². The maximum atomic E-state index is 5.95. The highest BCUT2D eigenvalue weighted by Gasteiger charge is 2.26. The van der Waals surface area contributed by atoms with Crippen molar-refractivity contribution in [1.29, 1.82) is 0 Å². The third-order valence-electron chi connectivity index (χ3n) is 3.05. The topological polar surface area (TPSA) is 50.8 Å². The monoisotopic (exact) mass is 233 g/mol. The molecule has 0 bridgehead atoms. The summed E-state index contributed by atoms with van der Waals surface area (Å²) in [5.41, 5.74) is 7.03. The molecule has 1 aliphatic rings. The fourth-order valence-corrected chi connectivity index (χ4v) is 2.18. The van der Waals surface area contributed by atoms with Crippen LogP contribution in [-0.4, -0.2) is 25.7 Å². The van der Waals surface area contributed by atoms with Crippen molar-refractivity contribution in [3.05, 3.63) is 24.3 Å². The molecule has 1 atom stereocenters. The maximum Gasteiger partial charge on any atom is 0.196 e. The van der Waals surface area contributed by atoms with Crippen molar-refractivity contribution in [3.8, 4) is 5.75 Å². The summed E-state index contributed by atoms with van der Waals surface area (Å²) in [5.74, 6) is 1.48. The average Bonchev–Trinajstić information content (AvgIpc) is 2.71. The molecule has 4 nitrogen and oxygen atoms in total. The van der Waals surface area contributed by atoms with Gasteiger partial charge in [-0.05, 0) is 30.7 Å². The number of methoxy groups -OCH3 is 1. The fourth-order valence-electron chi connectivity index (χ4n) is 2.18. The number of rotatable bonds is 4. The fraction of sp³-hybridized carbons (Fsp3) is 0.462. The second kappa shape index (κ2) is 5.08. The lowest BCUT2D eigenvalue weighted by Gasteiger charge is -2.26. The minimum atomic E-state index is 0.397. The van der Waals surface area contributed by atoms with Crippen LogP contribution in [0.4, 0.5) is 5.69 Å². The molecule has 0 saturated carbocycles. The van der Waals surface area contributed by atoms with Crippen LogP contribution in [0.3, 0.4) is 0 Å². The van der Waals surface area contributed by atoms with Gasteiger partial charge in [-0.3, -0.25) is 4.99 Å². The number of nitrogens with zero attached hydrogens (tertiary/aromatic N) is 2. The molecule has 1 unspecified atom stereocenters. The summed E-state index contributed by atoms with van der Waals surface area (Å²) in [7, 11) is 1.67. The zero-order valence-electron chi connectivity index (χ0n) is 10.4. The summed E-state index contributed by atoms with van der Waals surface area (Å²) in [5, 5.41) is 0. The van der Waals surface area contributed by atoms with Gasteiger partial charge in [0.15, 0.2) is 5.96 Å². The molecule has 0 saturated heterocycles. The van der Waals surface area contributed by atoms with Crippen molar-refractivity contribution in [3.63, 3.8) is 0 Å². The molecule has 0 spiro atoms. The van der Waals surface area contributed by atoms with Crippen molar-refractivity contribution in [2.24, 2.45) is 10.7 Å². The van der Waals surface area contributed by atoms with E-state index >= 15 is 0 Å². The molecule has 0 radical (unpaired) electrons. The summed E-state index contributed by atoms with van der Waals surface area (Å²) in [6.45, 7) is 2.98. The van der Waals surface area contributed by atoms with Gasteiger partial charge in [0.05, 0.1) is 19.7 Å². The summed E-state index contributed by atoms with van der Waals surface area (Å²) in [6.07, 6.45) is 2.25. The summed E-state index contributed by atoms with van der Waals surface area (Å²) in [6, 6.07) is 8.34. The van der Waals surface area contributed by atoms with Crippen LogP contribution < -0.4 is 15.4 Å². The predicted molar refractivity (Wildman–Crippen MR) is 70.7 cm³/mol. The van der Waals surface area contributed by atoms with E-state index in [-0.39, 0.29) is 0 Å². The average molecular weight is 233 g/mol. The van der Waals surface area contributed by atoms with Gasteiger partial charge in [0.2, 0.25) is 0 Å². The van der Waals surface area contributed by atoms with Gasteiger partial charge in [-0.15, -0.1) is 0 Å². The standard InChI is InChI=1S/C13H19N3O/c1-3-4-11-9-15-13(14)16(11)10-5-7-12(17-2)8-6-10/h5-8,11H,3-4,9H2,1-2H3,(H2,14,15). The molecule has 2 rings (SSSR count). The van der Waals surface area contributed by atoms with E-state index < -0.39 is 0 Å². The number of anilines is 1. The van der Waals surface area contributed by atoms with Gasteiger partial charge >= 0.3 is 0 Å². The van der Waals surface area contributed by atoms with Crippen LogP contribution >= 0.6 is 0 Å². The molecule has 17 heavy (non-hydrogen) atoms. The first-order valence-electron chi connectivity index (χ1n) is 5.99. The van der Waals surface area contributed by atoms with E-state index in [2.05, 4.69) is 16.8 Å². The van der Waals surface area contributed by atoms with Crippen LogP contribution in [0.15, 0.2) is 29.3 Å². The molecule has 1 aromatic rings. The van der Waals surface area contributed by atoms with Crippen molar-refractivity contribution in [1.82, 2.24) is 0 Å². The predicted octanol–water partition coefficient (Wildman–Crippen LogP) is 2.00. The Morgan fingerprint density at radius 3 is 2.71 bits per heavy atom. The van der Waals surface area contributed by atoms with E-state index in [0.29, 0.717) is 12.0 Å². The van der Waals surface area contributed by atoms with Crippen LogP contribution in [0.1, 0.15) is 19.8 Å². The van der Waals surface area contributed by atoms with Crippen LogP contribution in [0.25, 0.3) is 0 Å². The molecule has 1 aromatic carbocycles. The number of guanidine groups is 1. The number of ether oxygens (including phenoxy) is 1. The summed E-state index contributed by atoms with van der Waals surface area (Å²) < 4.78 is 5.15. The van der Waals surface area contributed by atoms with Gasteiger partial charge in [-0.2, -0.15) is 0 Å². The highest BCUT2D eigenvalue weighted by atomic mass is 16.5. The Morgan fingerprint density at radius 1 is 1.41 bits per heavy atom. The summed E-state index contributed by atoms with van der Waals surface area (Å²) >= 11 is 0. The van der Waals surface area contributed by atoms with E-state index in [1.807, 2.05) is 24.3 Å². The quantitative estimate of drug-likeness (QED) is 0.865. The highest BCUT2D eigenvalue weighted by Crippen LogP contribution is 2.25. The van der Waals surface area contributed by atoms with Crippen LogP contribution in [0.2, 0.25) is 0 Å². The Balaban J connectivity index is 2.20. The number of hydrogen-bond acceptors (Lipinski definition) is 4. The van der Waals surface area contributed by atoms with Crippen molar-refractivity contribution >= 4 is 11.6 Å². The van der Waals surface area contributed by atoms with E-state index in [0.717, 1.165) is 30.8 Å². The second-order valence-corrected chi connectivity index (χ2v) is 4.21. The summed E-state index contributed by atoms with van der Waals surface area (Å²) in [4.78, 5) is 6.44. The normalized spacial score (nSPS) is 19.3. The largest absolute Gasteiger partial charge is 0.497 e. The minimum Gasteiger partial charge on any atom is -0.497 e. The van der Waals surface area contributed by atoms with E-state index in [1.165, 1.54) is 0 Å². The van der Waals surface area contributed by atoms with Crippen LogP contribution in [0, 0.1) is 0 Å². The lowest BCUT2D eigenvalue weighted by molar-refractivity contribution is 0.415. The Hall–Kier alpha value is -1.71. The van der Waals surface area contributed by atoms with Crippen LogP contribution in [0.5, 0.6) is 5.75 Å². The van der Waals surface area contributed by atoms with Gasteiger partial charge in [0, 0.05) is 5.69 Å². The zero-order chi connectivity index (χ0) is 12.3. The number of hydrogen-bond donors (Lipinski definition) is 1. The molecule has 1 heterocycles. The molecule has 0 aromatic heterocycles. The third kappa shape index (κ3) is 2.35. The number of aliphatic imine (C=N–C) groups is 1. The molecule has 2 N–H and O–H groups in total. The van der Waals surface area contributed by atoms with Crippen LogP contribution in [-0.2, 0) is 0 Å². The molecular formula is C13H19N3O. The molecule has 92 valence electrons. The lowest BCUT2D eigenvalue weighted by Crippen LogP contribution is -2.40. The zero-order valence-corrected chi connectivity index (χ0v) is 10.4. The molecule has 0 fully saturated rings. The minimum absolute atomic E-state index is 0.397. The number of benzene rings is 1. The Morgan fingerprint density at radius 2 is 2.12 bits per heavy atom. The van der Waals surface area contributed by atoms with Gasteiger partial charge < -0.3 is 15.4 Å². The first-order valence-corrected chi connectivity index (χ1v) is 5.99. The third-order valence-corrected chi connectivity index (χ3v) is 3.05. The SMILES string of the molecule is CCCC1CN=C(N)N1c1ccc(OC)cc1. The maximum absolute atomic E-state index is 5.95.